The molecule has 0 amide bonds. The van der Waals surface area contributed by atoms with Crippen LogP contribution in [0.2, 0.25) is 0 Å². The minimum Gasteiger partial charge on any atom is -0.353 e. The lowest BCUT2D eigenvalue weighted by molar-refractivity contribution is -0.194. The van der Waals surface area contributed by atoms with Gasteiger partial charge in [0.25, 0.3) is 0 Å². The minimum atomic E-state index is -0.0942. The van der Waals surface area contributed by atoms with Crippen molar-refractivity contribution < 1.29 is 19.1 Å². The van der Waals surface area contributed by atoms with E-state index in [1.165, 1.54) is 0 Å². The summed E-state index contributed by atoms with van der Waals surface area (Å²) in [6, 6.07) is 0. The number of hydrogen-bond acceptors (Lipinski definition) is 4. The summed E-state index contributed by atoms with van der Waals surface area (Å²) in [5.41, 5.74) is 0. The molecule has 1 saturated carbocycles. The van der Waals surface area contributed by atoms with E-state index in [0.29, 0.717) is 12.3 Å². The number of hydrogen-bond donors (Lipinski definition) is 0. The van der Waals surface area contributed by atoms with E-state index in [-0.39, 0.29) is 18.3 Å². The third-order valence-electron chi connectivity index (χ3n) is 5.06. The van der Waals surface area contributed by atoms with Gasteiger partial charge in [0, 0.05) is 18.9 Å². The van der Waals surface area contributed by atoms with E-state index in [9.17, 15) is 9.59 Å². The van der Waals surface area contributed by atoms with Crippen molar-refractivity contribution in [3.8, 4) is 0 Å². The second kappa shape index (κ2) is 10.1. The van der Waals surface area contributed by atoms with Crippen LogP contribution in [0, 0.1) is 11.8 Å². The molecule has 4 nitrogen and oxygen atoms in total. The summed E-state index contributed by atoms with van der Waals surface area (Å²) in [7, 11) is 0. The Morgan fingerprint density at radius 2 is 1.86 bits per heavy atom. The second-order valence-electron chi connectivity index (χ2n) is 6.68. The fraction of sp³-hybridized carbons (Fsp3) is 0.889. The Balaban J connectivity index is 1.67. The van der Waals surface area contributed by atoms with Gasteiger partial charge in [-0.05, 0) is 50.9 Å². The lowest BCUT2D eigenvalue weighted by atomic mass is 9.90. The van der Waals surface area contributed by atoms with Crippen molar-refractivity contribution in [2.24, 2.45) is 11.8 Å². The quantitative estimate of drug-likeness (QED) is 0.456. The van der Waals surface area contributed by atoms with Crippen LogP contribution in [-0.2, 0) is 19.1 Å². The molecule has 1 saturated heterocycles. The van der Waals surface area contributed by atoms with Crippen molar-refractivity contribution in [2.75, 3.05) is 6.61 Å². The Labute approximate surface area is 133 Å². The molecule has 0 aromatic carbocycles. The van der Waals surface area contributed by atoms with E-state index in [0.717, 1.165) is 83.4 Å². The first kappa shape index (κ1) is 17.6. The Morgan fingerprint density at radius 3 is 2.59 bits per heavy atom. The fourth-order valence-electron chi connectivity index (χ4n) is 3.76. The average Bonchev–Trinajstić information content (AvgIpc) is 2.93. The van der Waals surface area contributed by atoms with Gasteiger partial charge in [0.15, 0.2) is 6.29 Å². The molecule has 2 rings (SSSR count). The Hall–Kier alpha value is -0.740. The first-order valence-electron chi connectivity index (χ1n) is 9.01. The predicted octanol–water partition coefficient (Wildman–Crippen LogP) is 3.66. The van der Waals surface area contributed by atoms with Gasteiger partial charge in [0.2, 0.25) is 0 Å². The van der Waals surface area contributed by atoms with E-state index < -0.39 is 0 Å². The summed E-state index contributed by atoms with van der Waals surface area (Å²) in [5.74, 6) is 0.512. The van der Waals surface area contributed by atoms with Crippen molar-refractivity contribution in [2.45, 2.75) is 83.0 Å². The number of rotatable bonds is 10. The molecule has 1 aliphatic heterocycles. The monoisotopic (exact) mass is 310 g/mol. The lowest BCUT2D eigenvalue weighted by Crippen LogP contribution is -2.32. The zero-order valence-electron chi connectivity index (χ0n) is 13.6. The summed E-state index contributed by atoms with van der Waals surface area (Å²) in [5, 5.41) is 0. The maximum atomic E-state index is 11.5. The van der Waals surface area contributed by atoms with E-state index >= 15 is 0 Å². The van der Waals surface area contributed by atoms with Crippen LogP contribution in [-0.4, -0.2) is 31.6 Å². The highest BCUT2D eigenvalue weighted by Gasteiger charge is 2.37. The third kappa shape index (κ3) is 5.47. The standard InChI is InChI=1S/C18H30O4/c19-12-6-3-1-2-4-8-15-10-11-17(16(15)14-20)22-18-9-5-7-13-21-18/h12,14-18H,1-11,13H2/t15-,16+,17?,18?/m0/s1. The van der Waals surface area contributed by atoms with E-state index in [4.69, 9.17) is 9.47 Å². The van der Waals surface area contributed by atoms with Crippen LogP contribution in [0.25, 0.3) is 0 Å². The normalized spacial score (nSPS) is 32.0. The third-order valence-corrected chi connectivity index (χ3v) is 5.06. The van der Waals surface area contributed by atoms with Crippen molar-refractivity contribution in [1.29, 1.82) is 0 Å². The Bertz CT molecular complexity index is 325. The number of carbonyl (C=O) groups excluding carboxylic acids is 2. The van der Waals surface area contributed by atoms with Crippen LogP contribution >= 0.6 is 0 Å². The molecule has 0 spiro atoms. The van der Waals surface area contributed by atoms with Gasteiger partial charge in [0.1, 0.15) is 12.6 Å². The van der Waals surface area contributed by atoms with Crippen molar-refractivity contribution >= 4 is 12.6 Å². The van der Waals surface area contributed by atoms with Gasteiger partial charge in [-0.3, -0.25) is 0 Å². The summed E-state index contributed by atoms with van der Waals surface area (Å²) < 4.78 is 11.7. The van der Waals surface area contributed by atoms with E-state index in [2.05, 4.69) is 0 Å². The average molecular weight is 310 g/mol. The number of aldehydes is 2. The Morgan fingerprint density at radius 1 is 1.00 bits per heavy atom. The molecule has 2 fully saturated rings. The number of carbonyl (C=O) groups is 2. The first-order chi connectivity index (χ1) is 10.8. The molecule has 1 aliphatic carbocycles. The van der Waals surface area contributed by atoms with Crippen molar-refractivity contribution in [3.63, 3.8) is 0 Å². The molecule has 0 aromatic heterocycles. The highest BCUT2D eigenvalue weighted by molar-refractivity contribution is 5.55. The lowest BCUT2D eigenvalue weighted by Gasteiger charge is -2.28. The zero-order chi connectivity index (χ0) is 15.6. The van der Waals surface area contributed by atoms with Gasteiger partial charge in [-0.15, -0.1) is 0 Å². The molecule has 126 valence electrons. The number of unbranched alkanes of at least 4 members (excludes halogenated alkanes) is 4. The maximum Gasteiger partial charge on any atom is 0.157 e. The van der Waals surface area contributed by atoms with E-state index in [1.54, 1.807) is 0 Å². The molecule has 2 aliphatic rings. The minimum absolute atomic E-state index is 0.0421. The highest BCUT2D eigenvalue weighted by atomic mass is 16.7. The Kier molecular flexibility index (Phi) is 8.10. The molecule has 0 radical (unpaired) electrons. The summed E-state index contributed by atoms with van der Waals surface area (Å²) >= 11 is 0. The van der Waals surface area contributed by atoms with Gasteiger partial charge in [-0.2, -0.15) is 0 Å². The maximum absolute atomic E-state index is 11.5. The zero-order valence-corrected chi connectivity index (χ0v) is 13.6. The van der Waals surface area contributed by atoms with Gasteiger partial charge >= 0.3 is 0 Å². The van der Waals surface area contributed by atoms with Gasteiger partial charge in [-0.1, -0.05) is 19.3 Å². The van der Waals surface area contributed by atoms with Crippen LogP contribution in [0.1, 0.15) is 70.6 Å². The molecule has 4 atom stereocenters. The van der Waals surface area contributed by atoms with Crippen molar-refractivity contribution in [1.82, 2.24) is 0 Å². The van der Waals surface area contributed by atoms with Crippen LogP contribution in [0.3, 0.4) is 0 Å². The molecular weight excluding hydrogens is 280 g/mol. The van der Waals surface area contributed by atoms with Gasteiger partial charge < -0.3 is 19.1 Å². The molecular formula is C18H30O4. The molecule has 22 heavy (non-hydrogen) atoms. The van der Waals surface area contributed by atoms with Gasteiger partial charge in [-0.25, -0.2) is 0 Å². The summed E-state index contributed by atoms with van der Waals surface area (Å²) in [6.07, 6.45) is 13.6. The summed E-state index contributed by atoms with van der Waals surface area (Å²) in [4.78, 5) is 21.7. The fourth-order valence-corrected chi connectivity index (χ4v) is 3.76. The van der Waals surface area contributed by atoms with Crippen LogP contribution < -0.4 is 0 Å². The smallest absolute Gasteiger partial charge is 0.157 e. The van der Waals surface area contributed by atoms with Crippen LogP contribution in [0.4, 0.5) is 0 Å². The first-order valence-corrected chi connectivity index (χ1v) is 9.01. The van der Waals surface area contributed by atoms with Crippen LogP contribution in [0.15, 0.2) is 0 Å². The molecule has 0 N–H and O–H groups in total. The van der Waals surface area contributed by atoms with Gasteiger partial charge in [0.05, 0.1) is 6.10 Å². The molecule has 0 bridgehead atoms. The largest absolute Gasteiger partial charge is 0.353 e. The van der Waals surface area contributed by atoms with E-state index in [1.807, 2.05) is 0 Å². The molecule has 4 heteroatoms. The second-order valence-corrected chi connectivity index (χ2v) is 6.68. The topological polar surface area (TPSA) is 52.6 Å². The highest BCUT2D eigenvalue weighted by Crippen LogP contribution is 2.37. The molecule has 1 heterocycles. The summed E-state index contributed by atoms with van der Waals surface area (Å²) in [6.45, 7) is 0.785. The molecule has 2 unspecified atom stereocenters. The SMILES string of the molecule is O=CCCCCCC[C@H]1CCC(OC2CCCCO2)[C@@H]1C=O. The van der Waals surface area contributed by atoms with Crippen molar-refractivity contribution in [3.05, 3.63) is 0 Å². The predicted molar refractivity (Wildman–Crippen MR) is 84.5 cm³/mol. The number of ether oxygens (including phenoxy) is 2. The molecule has 0 aromatic rings. The van der Waals surface area contributed by atoms with Crippen LogP contribution in [0.5, 0.6) is 0 Å².